The van der Waals surface area contributed by atoms with Crippen LogP contribution in [0.5, 0.6) is 0 Å². The lowest BCUT2D eigenvalue weighted by Gasteiger charge is -2.10. The van der Waals surface area contributed by atoms with Crippen molar-refractivity contribution in [2.45, 2.75) is 12.8 Å². The maximum Gasteiger partial charge on any atom is 0.416 e. The number of carbonyl (C=O) groups is 1. The van der Waals surface area contributed by atoms with Gasteiger partial charge in [0.05, 0.1) is 21.8 Å². The van der Waals surface area contributed by atoms with Crippen molar-refractivity contribution in [3.8, 4) is 16.4 Å². The van der Waals surface area contributed by atoms with Gasteiger partial charge in [0.25, 0.3) is 11.4 Å². The molecule has 0 N–H and O–H groups in total. The van der Waals surface area contributed by atoms with E-state index in [1.807, 2.05) is 0 Å². The van der Waals surface area contributed by atoms with Crippen LogP contribution in [0.25, 0.3) is 16.4 Å². The number of rotatable bonds is 5. The molecule has 0 aliphatic rings. The molecule has 176 valence electrons. The molecule has 9 nitrogen and oxygen atoms in total. The number of ether oxygens (including phenoxy) is 1. The Kier molecular flexibility index (Phi) is 5.96. The van der Waals surface area contributed by atoms with Crippen LogP contribution in [0.3, 0.4) is 0 Å². The van der Waals surface area contributed by atoms with Crippen molar-refractivity contribution >= 4 is 17.3 Å². The van der Waals surface area contributed by atoms with E-state index in [2.05, 4.69) is 10.1 Å². The first-order valence-corrected chi connectivity index (χ1v) is 10.6. The summed E-state index contributed by atoms with van der Waals surface area (Å²) >= 11 is 1.26. The number of hydrogen-bond acceptors (Lipinski definition) is 7. The standard InChI is InChI=1S/C21H16F3N5O4S/c1-27-14(10-16(30)28(2)20(27)32)11-33-19(31)17-25-18(15-7-4-8-34-15)29(26-17)13-6-3-5-12(9-13)21(22,23)24/h3-10H,11H2,1-2H3. The molecule has 0 saturated carbocycles. The Hall–Kier alpha value is -4.00. The van der Waals surface area contributed by atoms with Gasteiger partial charge in [-0.15, -0.1) is 16.4 Å². The molecule has 0 saturated heterocycles. The molecule has 0 aliphatic heterocycles. The zero-order chi connectivity index (χ0) is 24.6. The van der Waals surface area contributed by atoms with Crippen LogP contribution >= 0.6 is 11.3 Å². The van der Waals surface area contributed by atoms with E-state index in [0.29, 0.717) is 4.88 Å². The topological polar surface area (TPSA) is 101 Å². The number of nitrogens with zero attached hydrogens (tertiary/aromatic N) is 5. The summed E-state index contributed by atoms with van der Waals surface area (Å²) < 4.78 is 48.0. The van der Waals surface area contributed by atoms with Gasteiger partial charge < -0.3 is 4.74 Å². The van der Waals surface area contributed by atoms with Crippen molar-refractivity contribution in [1.82, 2.24) is 23.9 Å². The Morgan fingerprint density at radius 1 is 1.09 bits per heavy atom. The number of halogens is 3. The minimum atomic E-state index is -4.57. The Bertz CT molecular complexity index is 1490. The van der Waals surface area contributed by atoms with Crippen molar-refractivity contribution in [3.05, 3.63) is 85.8 Å². The smallest absolute Gasteiger partial charge is 0.416 e. The summed E-state index contributed by atoms with van der Waals surface area (Å²) in [4.78, 5) is 41.3. The highest BCUT2D eigenvalue weighted by molar-refractivity contribution is 7.13. The summed E-state index contributed by atoms with van der Waals surface area (Å²) in [5.41, 5.74) is -1.84. The van der Waals surface area contributed by atoms with Gasteiger partial charge in [0, 0.05) is 20.2 Å². The fraction of sp³-hybridized carbons (Fsp3) is 0.190. The van der Waals surface area contributed by atoms with E-state index in [1.54, 1.807) is 17.5 Å². The van der Waals surface area contributed by atoms with Crippen LogP contribution in [0.1, 0.15) is 21.9 Å². The maximum atomic E-state index is 13.2. The molecule has 34 heavy (non-hydrogen) atoms. The Labute approximate surface area is 193 Å². The molecule has 13 heteroatoms. The van der Waals surface area contributed by atoms with Crippen LogP contribution in [0.4, 0.5) is 13.2 Å². The van der Waals surface area contributed by atoms with Crippen molar-refractivity contribution in [3.63, 3.8) is 0 Å². The fourth-order valence-electron chi connectivity index (χ4n) is 3.08. The van der Waals surface area contributed by atoms with Gasteiger partial charge in [-0.25, -0.2) is 14.3 Å². The van der Waals surface area contributed by atoms with Gasteiger partial charge in [-0.05, 0) is 29.6 Å². The third kappa shape index (κ3) is 4.41. The number of benzene rings is 1. The van der Waals surface area contributed by atoms with E-state index >= 15 is 0 Å². The Morgan fingerprint density at radius 3 is 2.53 bits per heavy atom. The normalized spacial score (nSPS) is 11.6. The molecule has 0 spiro atoms. The number of esters is 1. The van der Waals surface area contributed by atoms with Gasteiger partial charge in [0.1, 0.15) is 6.61 Å². The quantitative estimate of drug-likeness (QED) is 0.398. The second kappa shape index (κ2) is 8.74. The second-order valence-electron chi connectivity index (χ2n) is 7.15. The molecule has 0 atom stereocenters. The van der Waals surface area contributed by atoms with Gasteiger partial charge >= 0.3 is 17.8 Å². The van der Waals surface area contributed by atoms with Crippen LogP contribution in [-0.2, 0) is 31.6 Å². The number of alkyl halides is 3. The predicted molar refractivity (Wildman–Crippen MR) is 116 cm³/mol. The number of hydrogen-bond donors (Lipinski definition) is 0. The predicted octanol–water partition coefficient (Wildman–Crippen LogP) is 2.77. The number of carbonyl (C=O) groups excluding carboxylic acids is 1. The van der Waals surface area contributed by atoms with E-state index in [4.69, 9.17) is 4.74 Å². The van der Waals surface area contributed by atoms with Crippen molar-refractivity contribution in [1.29, 1.82) is 0 Å². The minimum absolute atomic E-state index is 0.0544. The van der Waals surface area contributed by atoms with E-state index in [9.17, 15) is 27.6 Å². The summed E-state index contributed by atoms with van der Waals surface area (Å²) in [6.07, 6.45) is -4.57. The first-order valence-electron chi connectivity index (χ1n) is 9.68. The largest absolute Gasteiger partial charge is 0.453 e. The van der Waals surface area contributed by atoms with E-state index < -0.39 is 41.4 Å². The van der Waals surface area contributed by atoms with Crippen LogP contribution in [0.2, 0.25) is 0 Å². The van der Waals surface area contributed by atoms with E-state index in [0.717, 1.165) is 32.0 Å². The highest BCUT2D eigenvalue weighted by atomic mass is 32.1. The average Bonchev–Trinajstić information content (AvgIpc) is 3.48. The van der Waals surface area contributed by atoms with Crippen LogP contribution in [0.15, 0.2) is 57.4 Å². The van der Waals surface area contributed by atoms with Crippen molar-refractivity contribution in [2.24, 2.45) is 14.1 Å². The van der Waals surface area contributed by atoms with Crippen LogP contribution < -0.4 is 11.2 Å². The average molecular weight is 491 g/mol. The molecule has 0 amide bonds. The fourth-order valence-corrected chi connectivity index (χ4v) is 3.78. The van der Waals surface area contributed by atoms with Gasteiger partial charge in [0.2, 0.25) is 0 Å². The maximum absolute atomic E-state index is 13.2. The van der Waals surface area contributed by atoms with Crippen LogP contribution in [0, 0.1) is 0 Å². The van der Waals surface area contributed by atoms with Gasteiger partial charge in [0.15, 0.2) is 5.82 Å². The molecular formula is C21H16F3N5O4S. The Morgan fingerprint density at radius 2 is 1.85 bits per heavy atom. The summed E-state index contributed by atoms with van der Waals surface area (Å²) in [7, 11) is 2.73. The molecule has 3 heterocycles. The summed E-state index contributed by atoms with van der Waals surface area (Å²) in [5.74, 6) is -1.21. The molecule has 1 aromatic carbocycles. The molecule has 4 aromatic rings. The monoisotopic (exact) mass is 491 g/mol. The highest BCUT2D eigenvalue weighted by Crippen LogP contribution is 2.32. The highest BCUT2D eigenvalue weighted by Gasteiger charge is 2.31. The van der Waals surface area contributed by atoms with E-state index in [-0.39, 0.29) is 17.2 Å². The first-order chi connectivity index (χ1) is 16.1. The number of thiophene rings is 1. The third-order valence-electron chi connectivity index (χ3n) is 4.93. The van der Waals surface area contributed by atoms with E-state index in [1.165, 1.54) is 37.6 Å². The number of aromatic nitrogens is 5. The molecular weight excluding hydrogens is 475 g/mol. The lowest BCUT2D eigenvalue weighted by atomic mass is 10.2. The third-order valence-corrected chi connectivity index (χ3v) is 5.79. The summed E-state index contributed by atoms with van der Waals surface area (Å²) in [5, 5.41) is 5.82. The second-order valence-corrected chi connectivity index (χ2v) is 8.09. The molecule has 0 radical (unpaired) electrons. The molecule has 0 bridgehead atoms. The molecule has 0 fully saturated rings. The summed E-state index contributed by atoms with van der Waals surface area (Å²) in [6.45, 7) is -0.410. The molecule has 0 unspecified atom stereocenters. The summed E-state index contributed by atoms with van der Waals surface area (Å²) in [6, 6.07) is 9.02. The lowest BCUT2D eigenvalue weighted by molar-refractivity contribution is -0.137. The van der Waals surface area contributed by atoms with Gasteiger partial charge in [-0.3, -0.25) is 13.9 Å². The minimum Gasteiger partial charge on any atom is -0.453 e. The van der Waals surface area contributed by atoms with Crippen molar-refractivity contribution in [2.75, 3.05) is 0 Å². The SMILES string of the molecule is Cn1c(COC(=O)c2nc(-c3cccs3)n(-c3cccc(C(F)(F)F)c3)n2)cc(=O)n(C)c1=O. The zero-order valence-corrected chi connectivity index (χ0v) is 18.6. The molecule has 3 aromatic heterocycles. The van der Waals surface area contributed by atoms with Gasteiger partial charge in [-0.1, -0.05) is 12.1 Å². The zero-order valence-electron chi connectivity index (χ0n) is 17.7. The lowest BCUT2D eigenvalue weighted by Crippen LogP contribution is -2.38. The van der Waals surface area contributed by atoms with Crippen LogP contribution in [-0.4, -0.2) is 29.9 Å². The van der Waals surface area contributed by atoms with Crippen molar-refractivity contribution < 1.29 is 22.7 Å². The van der Waals surface area contributed by atoms with Gasteiger partial charge in [-0.2, -0.15) is 18.2 Å². The first kappa shape index (κ1) is 23.2. The molecule has 0 aliphatic carbocycles. The molecule has 4 rings (SSSR count). The Balaban J connectivity index is 1.69.